The molecule has 0 atom stereocenters. The molecule has 0 spiro atoms. The lowest BCUT2D eigenvalue weighted by atomic mass is 9.88. The quantitative estimate of drug-likeness (QED) is 0.781. The van der Waals surface area contributed by atoms with Gasteiger partial charge in [0.1, 0.15) is 11.5 Å². The minimum atomic E-state index is 0.449. The van der Waals surface area contributed by atoms with Crippen LogP contribution in [0.4, 0.5) is 11.5 Å². The zero-order valence-electron chi connectivity index (χ0n) is 12.6. The molecule has 0 aliphatic heterocycles. The van der Waals surface area contributed by atoms with Gasteiger partial charge in [-0.2, -0.15) is 4.98 Å². The summed E-state index contributed by atoms with van der Waals surface area (Å²) in [4.78, 5) is 9.15. The number of anilines is 2. The first-order valence-corrected chi connectivity index (χ1v) is 7.71. The third-order valence-corrected chi connectivity index (χ3v) is 3.91. The van der Waals surface area contributed by atoms with Crippen LogP contribution in [0.3, 0.4) is 0 Å². The molecular weight excluding hydrogens is 252 g/mol. The van der Waals surface area contributed by atoms with Crippen LogP contribution in [0, 0.1) is 0 Å². The summed E-state index contributed by atoms with van der Waals surface area (Å²) in [6.45, 7) is 3.05. The van der Waals surface area contributed by atoms with E-state index in [9.17, 15) is 0 Å². The predicted octanol–water partition coefficient (Wildman–Crippen LogP) is 3.33. The Balaban J connectivity index is 2.20. The number of methoxy groups -OCH3 is 1. The highest BCUT2D eigenvalue weighted by atomic mass is 16.5. The molecule has 1 saturated carbocycles. The molecule has 112 valence electrons. The number of nitrogen functional groups attached to an aromatic ring is 1. The highest BCUT2D eigenvalue weighted by Gasteiger charge is 2.21. The van der Waals surface area contributed by atoms with E-state index in [2.05, 4.69) is 22.2 Å². The summed E-state index contributed by atoms with van der Waals surface area (Å²) in [5.74, 6) is 2.56. The molecular formula is C15H26N4O. The van der Waals surface area contributed by atoms with E-state index in [-0.39, 0.29) is 0 Å². The SMILES string of the molecule is CCCCNc1nc(C2CCCCC2)nc(OC)c1N. The molecule has 0 radical (unpaired) electrons. The summed E-state index contributed by atoms with van der Waals surface area (Å²) in [5.41, 5.74) is 6.58. The van der Waals surface area contributed by atoms with Crippen molar-refractivity contribution < 1.29 is 4.74 Å². The van der Waals surface area contributed by atoms with Crippen LogP contribution < -0.4 is 15.8 Å². The number of ether oxygens (including phenoxy) is 1. The number of aromatic nitrogens is 2. The number of hydrogen-bond acceptors (Lipinski definition) is 5. The van der Waals surface area contributed by atoms with E-state index in [1.54, 1.807) is 7.11 Å². The maximum absolute atomic E-state index is 6.06. The van der Waals surface area contributed by atoms with Crippen molar-refractivity contribution in [3.05, 3.63) is 5.82 Å². The molecule has 0 unspecified atom stereocenters. The second-order valence-electron chi connectivity index (χ2n) is 5.47. The standard InChI is InChI=1S/C15H26N4O/c1-3-4-10-17-14-12(16)15(20-2)19-13(18-14)11-8-6-5-7-9-11/h11H,3-10,16H2,1-2H3,(H,17,18,19). The zero-order chi connectivity index (χ0) is 14.4. The summed E-state index contributed by atoms with van der Waals surface area (Å²) in [5, 5.41) is 3.31. The van der Waals surface area contributed by atoms with E-state index in [0.717, 1.165) is 31.0 Å². The number of hydrogen-bond donors (Lipinski definition) is 2. The summed E-state index contributed by atoms with van der Waals surface area (Å²) < 4.78 is 5.31. The molecule has 5 heteroatoms. The average molecular weight is 278 g/mol. The Kier molecular flexibility index (Phi) is 5.44. The molecule has 1 fully saturated rings. The van der Waals surface area contributed by atoms with Crippen LogP contribution in [0.25, 0.3) is 0 Å². The fraction of sp³-hybridized carbons (Fsp3) is 0.733. The molecule has 20 heavy (non-hydrogen) atoms. The first-order valence-electron chi connectivity index (χ1n) is 7.71. The Morgan fingerprint density at radius 3 is 2.65 bits per heavy atom. The van der Waals surface area contributed by atoms with E-state index in [4.69, 9.17) is 10.5 Å². The van der Waals surface area contributed by atoms with Crippen LogP contribution in [-0.2, 0) is 0 Å². The first kappa shape index (κ1) is 14.9. The highest BCUT2D eigenvalue weighted by Crippen LogP contribution is 2.34. The minimum absolute atomic E-state index is 0.449. The van der Waals surface area contributed by atoms with Crippen LogP contribution in [-0.4, -0.2) is 23.6 Å². The second-order valence-corrected chi connectivity index (χ2v) is 5.47. The Bertz CT molecular complexity index is 430. The van der Waals surface area contributed by atoms with E-state index in [1.807, 2.05) is 0 Å². The number of nitrogens with one attached hydrogen (secondary N) is 1. The lowest BCUT2D eigenvalue weighted by Crippen LogP contribution is -2.14. The molecule has 0 bridgehead atoms. The monoisotopic (exact) mass is 278 g/mol. The van der Waals surface area contributed by atoms with Crippen molar-refractivity contribution in [3.63, 3.8) is 0 Å². The maximum atomic E-state index is 6.06. The van der Waals surface area contributed by atoms with Crippen LogP contribution in [0.1, 0.15) is 63.6 Å². The van der Waals surface area contributed by atoms with Gasteiger partial charge >= 0.3 is 0 Å². The third-order valence-electron chi connectivity index (χ3n) is 3.91. The van der Waals surface area contributed by atoms with Gasteiger partial charge in [-0.05, 0) is 19.3 Å². The number of nitrogens with zero attached hydrogens (tertiary/aromatic N) is 2. The van der Waals surface area contributed by atoms with Gasteiger partial charge in [0.05, 0.1) is 7.11 Å². The fourth-order valence-electron chi connectivity index (χ4n) is 2.68. The largest absolute Gasteiger partial charge is 0.479 e. The Morgan fingerprint density at radius 2 is 2.00 bits per heavy atom. The van der Waals surface area contributed by atoms with Crippen molar-refractivity contribution in [1.29, 1.82) is 0 Å². The average Bonchev–Trinajstić information content (AvgIpc) is 2.50. The lowest BCUT2D eigenvalue weighted by molar-refractivity contribution is 0.385. The van der Waals surface area contributed by atoms with Gasteiger partial charge < -0.3 is 15.8 Å². The van der Waals surface area contributed by atoms with Crippen molar-refractivity contribution in [3.8, 4) is 5.88 Å². The first-order chi connectivity index (χ1) is 9.76. The fourth-order valence-corrected chi connectivity index (χ4v) is 2.68. The number of rotatable bonds is 6. The van der Waals surface area contributed by atoms with Gasteiger partial charge in [-0.3, -0.25) is 0 Å². The summed E-state index contributed by atoms with van der Waals surface area (Å²) >= 11 is 0. The number of unbranched alkanes of at least 4 members (excludes halogenated alkanes) is 1. The van der Waals surface area contributed by atoms with Crippen LogP contribution in [0.2, 0.25) is 0 Å². The van der Waals surface area contributed by atoms with E-state index in [1.165, 1.54) is 32.1 Å². The van der Waals surface area contributed by atoms with Gasteiger partial charge in [0, 0.05) is 12.5 Å². The molecule has 0 amide bonds. The number of nitrogens with two attached hydrogens (primary N) is 1. The molecule has 0 saturated heterocycles. The molecule has 1 heterocycles. The Labute approximate surface area is 121 Å². The van der Waals surface area contributed by atoms with Gasteiger partial charge in [-0.25, -0.2) is 4.98 Å². The third kappa shape index (κ3) is 3.52. The Hall–Kier alpha value is -1.52. The van der Waals surface area contributed by atoms with Crippen LogP contribution >= 0.6 is 0 Å². The summed E-state index contributed by atoms with van der Waals surface area (Å²) in [6.07, 6.45) is 8.43. The minimum Gasteiger partial charge on any atom is -0.479 e. The smallest absolute Gasteiger partial charge is 0.242 e. The normalized spacial score (nSPS) is 16.1. The van der Waals surface area contributed by atoms with Gasteiger partial charge in [-0.1, -0.05) is 32.6 Å². The van der Waals surface area contributed by atoms with Crippen LogP contribution in [0.15, 0.2) is 0 Å². The molecule has 0 aromatic carbocycles. The van der Waals surface area contributed by atoms with Crippen molar-refractivity contribution in [1.82, 2.24) is 9.97 Å². The van der Waals surface area contributed by atoms with Crippen molar-refractivity contribution in [2.24, 2.45) is 0 Å². The molecule has 1 aromatic rings. The molecule has 1 aromatic heterocycles. The molecule has 2 rings (SSSR count). The van der Waals surface area contributed by atoms with E-state index < -0.39 is 0 Å². The zero-order valence-corrected chi connectivity index (χ0v) is 12.6. The predicted molar refractivity (Wildman–Crippen MR) is 82.2 cm³/mol. The molecule has 3 N–H and O–H groups in total. The van der Waals surface area contributed by atoms with Crippen molar-refractivity contribution >= 4 is 11.5 Å². The summed E-state index contributed by atoms with van der Waals surface area (Å²) in [6, 6.07) is 0. The topological polar surface area (TPSA) is 73.1 Å². The summed E-state index contributed by atoms with van der Waals surface area (Å²) in [7, 11) is 1.61. The van der Waals surface area contributed by atoms with Crippen LogP contribution in [0.5, 0.6) is 5.88 Å². The maximum Gasteiger partial charge on any atom is 0.242 e. The second kappa shape index (κ2) is 7.31. The highest BCUT2D eigenvalue weighted by molar-refractivity contribution is 5.67. The van der Waals surface area contributed by atoms with Gasteiger partial charge in [0.25, 0.3) is 0 Å². The van der Waals surface area contributed by atoms with E-state index in [0.29, 0.717) is 17.5 Å². The van der Waals surface area contributed by atoms with Gasteiger partial charge in [0.15, 0.2) is 5.82 Å². The molecule has 5 nitrogen and oxygen atoms in total. The van der Waals surface area contributed by atoms with Crippen molar-refractivity contribution in [2.75, 3.05) is 24.7 Å². The lowest BCUT2D eigenvalue weighted by Gasteiger charge is -2.22. The van der Waals surface area contributed by atoms with Gasteiger partial charge in [-0.15, -0.1) is 0 Å². The van der Waals surface area contributed by atoms with Gasteiger partial charge in [0.2, 0.25) is 5.88 Å². The van der Waals surface area contributed by atoms with E-state index >= 15 is 0 Å². The Morgan fingerprint density at radius 1 is 1.25 bits per heavy atom. The molecule has 1 aliphatic rings. The van der Waals surface area contributed by atoms with Crippen molar-refractivity contribution in [2.45, 2.75) is 57.8 Å². The molecule has 1 aliphatic carbocycles.